The largest absolute Gasteiger partial charge is 0.382 e. The van der Waals surface area contributed by atoms with Crippen LogP contribution in [-0.4, -0.2) is 47.6 Å². The smallest absolute Gasteiger partial charge is 0.178 e. The third kappa shape index (κ3) is 5.11. The lowest BCUT2D eigenvalue weighted by Crippen LogP contribution is -2.26. The molecule has 0 aliphatic carbocycles. The van der Waals surface area contributed by atoms with Crippen LogP contribution < -0.4 is 5.32 Å². The van der Waals surface area contributed by atoms with E-state index < -0.39 is 9.84 Å². The van der Waals surface area contributed by atoms with Gasteiger partial charge in [-0.2, -0.15) is 0 Å². The van der Waals surface area contributed by atoms with Gasteiger partial charge in [0.1, 0.15) is 0 Å². The van der Waals surface area contributed by atoms with Crippen LogP contribution >= 0.6 is 0 Å². The lowest BCUT2D eigenvalue weighted by Gasteiger charge is -2.16. The minimum atomic E-state index is -3.14. The number of sulfone groups is 1. The Bertz CT molecular complexity index is 484. The Kier molecular flexibility index (Phi) is 6.98. The van der Waals surface area contributed by atoms with Crippen LogP contribution in [0, 0.1) is 0 Å². The zero-order valence-electron chi connectivity index (χ0n) is 12.3. The van der Waals surface area contributed by atoms with Crippen molar-refractivity contribution in [1.82, 2.24) is 0 Å². The quantitative estimate of drug-likeness (QED) is 0.755. The standard InChI is InChI=1S/C14H23NO4S/c1-4-9-20(16,17)14-7-5-12(6-8-14)15-10-13(19-3)11-18-2/h5-8,13,15H,4,9-11H2,1-3H3. The second-order valence-electron chi connectivity index (χ2n) is 4.54. The maximum Gasteiger partial charge on any atom is 0.178 e. The molecule has 0 aliphatic heterocycles. The van der Waals surface area contributed by atoms with Gasteiger partial charge in [0.05, 0.1) is 23.4 Å². The van der Waals surface area contributed by atoms with Gasteiger partial charge < -0.3 is 14.8 Å². The molecular weight excluding hydrogens is 278 g/mol. The van der Waals surface area contributed by atoms with Crippen molar-refractivity contribution in [1.29, 1.82) is 0 Å². The molecule has 0 aliphatic rings. The predicted octanol–water partition coefficient (Wildman–Crippen LogP) is 1.94. The van der Waals surface area contributed by atoms with Crippen molar-refractivity contribution in [2.24, 2.45) is 0 Å². The summed E-state index contributed by atoms with van der Waals surface area (Å²) in [7, 11) is 0.111. The normalized spacial score (nSPS) is 13.2. The van der Waals surface area contributed by atoms with Gasteiger partial charge in [-0.25, -0.2) is 8.42 Å². The zero-order valence-corrected chi connectivity index (χ0v) is 13.1. The molecule has 0 saturated heterocycles. The van der Waals surface area contributed by atoms with E-state index in [2.05, 4.69) is 5.32 Å². The van der Waals surface area contributed by atoms with Crippen molar-refractivity contribution in [3.8, 4) is 0 Å². The molecule has 0 fully saturated rings. The van der Waals surface area contributed by atoms with Crippen LogP contribution in [0.4, 0.5) is 5.69 Å². The summed E-state index contributed by atoms with van der Waals surface area (Å²) < 4.78 is 34.0. The molecule has 1 rings (SSSR count). The fourth-order valence-electron chi connectivity index (χ4n) is 1.79. The average Bonchev–Trinajstić information content (AvgIpc) is 2.44. The summed E-state index contributed by atoms with van der Waals surface area (Å²) in [6.45, 7) is 2.96. The zero-order chi connectivity index (χ0) is 15.0. The fourth-order valence-corrected chi connectivity index (χ4v) is 3.12. The van der Waals surface area contributed by atoms with E-state index in [1.165, 1.54) is 0 Å². The Morgan fingerprint density at radius 2 is 1.85 bits per heavy atom. The molecule has 1 aromatic rings. The molecule has 0 amide bonds. The minimum Gasteiger partial charge on any atom is -0.382 e. The number of rotatable bonds is 9. The van der Waals surface area contributed by atoms with Gasteiger partial charge >= 0.3 is 0 Å². The van der Waals surface area contributed by atoms with Crippen molar-refractivity contribution >= 4 is 15.5 Å². The van der Waals surface area contributed by atoms with Crippen molar-refractivity contribution in [2.45, 2.75) is 24.3 Å². The summed E-state index contributed by atoms with van der Waals surface area (Å²) in [4.78, 5) is 0.366. The van der Waals surface area contributed by atoms with Gasteiger partial charge in [0.15, 0.2) is 9.84 Å². The van der Waals surface area contributed by atoms with Crippen LogP contribution in [0.1, 0.15) is 13.3 Å². The lowest BCUT2D eigenvalue weighted by molar-refractivity contribution is 0.0365. The van der Waals surface area contributed by atoms with E-state index >= 15 is 0 Å². The number of benzene rings is 1. The summed E-state index contributed by atoms with van der Waals surface area (Å²) in [6.07, 6.45) is 0.581. The molecule has 1 aromatic carbocycles. The highest BCUT2D eigenvalue weighted by Crippen LogP contribution is 2.16. The van der Waals surface area contributed by atoms with Gasteiger partial charge in [-0.1, -0.05) is 6.92 Å². The van der Waals surface area contributed by atoms with Gasteiger partial charge in [0.25, 0.3) is 0 Å². The molecule has 0 heterocycles. The number of hydrogen-bond acceptors (Lipinski definition) is 5. The monoisotopic (exact) mass is 301 g/mol. The van der Waals surface area contributed by atoms with Gasteiger partial charge in [0, 0.05) is 26.5 Å². The molecule has 114 valence electrons. The molecule has 1 atom stereocenters. The maximum atomic E-state index is 11.9. The van der Waals surface area contributed by atoms with Gasteiger partial charge in [-0.3, -0.25) is 0 Å². The first-order valence-electron chi connectivity index (χ1n) is 6.62. The summed E-state index contributed by atoms with van der Waals surface area (Å²) >= 11 is 0. The Labute approximate surface area is 121 Å². The van der Waals surface area contributed by atoms with E-state index in [1.807, 2.05) is 6.92 Å². The number of anilines is 1. The van der Waals surface area contributed by atoms with E-state index in [9.17, 15) is 8.42 Å². The summed E-state index contributed by atoms with van der Waals surface area (Å²) in [5, 5.41) is 3.19. The van der Waals surface area contributed by atoms with Crippen molar-refractivity contribution in [3.05, 3.63) is 24.3 Å². The predicted molar refractivity (Wildman–Crippen MR) is 79.9 cm³/mol. The first-order chi connectivity index (χ1) is 9.53. The fraction of sp³-hybridized carbons (Fsp3) is 0.571. The van der Waals surface area contributed by atoms with Crippen LogP contribution in [0.2, 0.25) is 0 Å². The van der Waals surface area contributed by atoms with E-state index in [0.717, 1.165) is 5.69 Å². The Morgan fingerprint density at radius 3 is 2.35 bits per heavy atom. The van der Waals surface area contributed by atoms with Crippen molar-refractivity contribution in [2.75, 3.05) is 38.4 Å². The summed E-state index contributed by atoms with van der Waals surface area (Å²) in [5.41, 5.74) is 0.860. The molecule has 0 saturated carbocycles. The first kappa shape index (κ1) is 16.9. The van der Waals surface area contributed by atoms with E-state index in [-0.39, 0.29) is 11.9 Å². The van der Waals surface area contributed by atoms with E-state index in [0.29, 0.717) is 24.5 Å². The topological polar surface area (TPSA) is 64.6 Å². The molecule has 1 unspecified atom stereocenters. The number of hydrogen-bond donors (Lipinski definition) is 1. The molecule has 1 N–H and O–H groups in total. The molecule has 0 bridgehead atoms. The number of nitrogens with one attached hydrogen (secondary N) is 1. The number of methoxy groups -OCH3 is 2. The highest BCUT2D eigenvalue weighted by Gasteiger charge is 2.12. The van der Waals surface area contributed by atoms with Crippen LogP contribution in [-0.2, 0) is 19.3 Å². The molecule has 0 aromatic heterocycles. The van der Waals surface area contributed by atoms with E-state index in [1.54, 1.807) is 38.5 Å². The van der Waals surface area contributed by atoms with Gasteiger partial charge in [-0.15, -0.1) is 0 Å². The third-order valence-corrected chi connectivity index (χ3v) is 4.84. The van der Waals surface area contributed by atoms with Crippen LogP contribution in [0.25, 0.3) is 0 Å². The first-order valence-corrected chi connectivity index (χ1v) is 8.27. The SMILES string of the molecule is CCCS(=O)(=O)c1ccc(NCC(COC)OC)cc1. The van der Waals surface area contributed by atoms with E-state index in [4.69, 9.17) is 9.47 Å². The highest BCUT2D eigenvalue weighted by atomic mass is 32.2. The third-order valence-electron chi connectivity index (χ3n) is 2.91. The average molecular weight is 301 g/mol. The minimum absolute atomic E-state index is 0.0384. The second kappa shape index (κ2) is 8.24. The summed E-state index contributed by atoms with van der Waals surface area (Å²) in [6, 6.07) is 6.79. The van der Waals surface area contributed by atoms with Crippen molar-refractivity contribution in [3.63, 3.8) is 0 Å². The molecule has 20 heavy (non-hydrogen) atoms. The highest BCUT2D eigenvalue weighted by molar-refractivity contribution is 7.91. The van der Waals surface area contributed by atoms with Crippen LogP contribution in [0.5, 0.6) is 0 Å². The van der Waals surface area contributed by atoms with Gasteiger partial charge in [-0.05, 0) is 30.7 Å². The van der Waals surface area contributed by atoms with Gasteiger partial charge in [0.2, 0.25) is 0 Å². The molecule has 6 heteroatoms. The Hall–Kier alpha value is -1.11. The van der Waals surface area contributed by atoms with Crippen molar-refractivity contribution < 1.29 is 17.9 Å². The summed E-state index contributed by atoms with van der Waals surface area (Å²) in [5.74, 6) is 0.180. The second-order valence-corrected chi connectivity index (χ2v) is 6.65. The molecular formula is C14H23NO4S. The Morgan fingerprint density at radius 1 is 1.20 bits per heavy atom. The molecule has 0 radical (unpaired) electrons. The molecule has 0 spiro atoms. The maximum absolute atomic E-state index is 11.9. The lowest BCUT2D eigenvalue weighted by atomic mass is 10.3. The number of ether oxygens (including phenoxy) is 2. The molecule has 5 nitrogen and oxygen atoms in total. The Balaban J connectivity index is 2.63. The van der Waals surface area contributed by atoms with Crippen LogP contribution in [0.3, 0.4) is 0 Å². The van der Waals surface area contributed by atoms with Crippen LogP contribution in [0.15, 0.2) is 29.2 Å².